The number of nitrogens with one attached hydrogen (secondary N) is 1. The molecule has 0 bridgehead atoms. The molecule has 3 nitrogen and oxygen atoms in total. The maximum absolute atomic E-state index is 10.3. The van der Waals surface area contributed by atoms with Crippen LogP contribution in [0.2, 0.25) is 0 Å². The summed E-state index contributed by atoms with van der Waals surface area (Å²) in [6.07, 6.45) is 8.58. The van der Waals surface area contributed by atoms with E-state index in [0.717, 1.165) is 0 Å². The molecule has 0 aliphatic carbocycles. The fourth-order valence-electron chi connectivity index (χ4n) is 1.12. The van der Waals surface area contributed by atoms with E-state index in [0.29, 0.717) is 13.0 Å². The van der Waals surface area contributed by atoms with Gasteiger partial charge < -0.3 is 5.32 Å². The van der Waals surface area contributed by atoms with E-state index in [1.54, 1.807) is 0 Å². The van der Waals surface area contributed by atoms with Crippen LogP contribution in [0.5, 0.6) is 0 Å². The topological polar surface area (TPSA) is 46.2 Å². The van der Waals surface area contributed by atoms with E-state index in [4.69, 9.17) is 0 Å². The van der Waals surface area contributed by atoms with Gasteiger partial charge in [-0.15, -0.1) is 0 Å². The van der Waals surface area contributed by atoms with Gasteiger partial charge >= 0.3 is 0 Å². The van der Waals surface area contributed by atoms with Crippen molar-refractivity contribution in [1.82, 2.24) is 5.32 Å². The van der Waals surface area contributed by atoms with Crippen LogP contribution >= 0.6 is 0 Å². The van der Waals surface area contributed by atoms with Gasteiger partial charge in [-0.3, -0.25) is 9.59 Å². The van der Waals surface area contributed by atoms with E-state index in [9.17, 15) is 9.59 Å². The van der Waals surface area contributed by atoms with Crippen LogP contribution in [0.15, 0.2) is 0 Å². The van der Waals surface area contributed by atoms with Gasteiger partial charge in [0.25, 0.3) is 0 Å². The second-order valence-electron chi connectivity index (χ2n) is 4.64. The number of hydrogen-bond acceptors (Lipinski definition) is 2. The minimum atomic E-state index is -0.0868. The standard InChI is InChI=1S/C6H11NO2.2C5H12/c1-5(8)3-4-7-6(2)9;2*1-3-5-4-2/h3-4H2,1-2H3,(H,7,9);2*3-5H2,1-2H3. The lowest BCUT2D eigenvalue weighted by molar-refractivity contribution is -0.119. The third kappa shape index (κ3) is 47.0. The molecule has 0 aromatic rings. The van der Waals surface area contributed by atoms with Crippen molar-refractivity contribution < 1.29 is 9.59 Å². The maximum Gasteiger partial charge on any atom is 0.216 e. The van der Waals surface area contributed by atoms with Gasteiger partial charge in [0.1, 0.15) is 5.78 Å². The van der Waals surface area contributed by atoms with E-state index in [1.807, 2.05) is 0 Å². The van der Waals surface area contributed by atoms with Crippen LogP contribution in [0.25, 0.3) is 0 Å². The molecule has 1 N–H and O–H groups in total. The third-order valence-electron chi connectivity index (χ3n) is 2.27. The van der Waals surface area contributed by atoms with Gasteiger partial charge in [-0.05, 0) is 6.92 Å². The molecule has 1 amide bonds. The normalized spacial score (nSPS) is 8.53. The highest BCUT2D eigenvalue weighted by Crippen LogP contribution is 1.88. The van der Waals surface area contributed by atoms with Gasteiger partial charge in [0.2, 0.25) is 5.91 Å². The first-order valence-corrected chi connectivity index (χ1v) is 7.69. The molecule has 0 aliphatic heterocycles. The van der Waals surface area contributed by atoms with Gasteiger partial charge in [-0.25, -0.2) is 0 Å². The number of rotatable bonds is 7. The summed E-state index contributed by atoms with van der Waals surface area (Å²) < 4.78 is 0. The largest absolute Gasteiger partial charge is 0.356 e. The fourth-order valence-corrected chi connectivity index (χ4v) is 1.12. The molecular formula is C16H35NO2. The summed E-state index contributed by atoms with van der Waals surface area (Å²) in [4.78, 5) is 20.5. The Kier molecular flexibility index (Phi) is 27.3. The second-order valence-corrected chi connectivity index (χ2v) is 4.64. The average Bonchev–Trinajstić information content (AvgIpc) is 2.31. The molecule has 0 aromatic carbocycles. The highest BCUT2D eigenvalue weighted by atomic mass is 16.1. The molecule has 0 spiro atoms. The molecule has 0 heterocycles. The Labute approximate surface area is 120 Å². The summed E-state index contributed by atoms with van der Waals surface area (Å²) >= 11 is 0. The van der Waals surface area contributed by atoms with E-state index in [1.165, 1.54) is 52.4 Å². The highest BCUT2D eigenvalue weighted by molar-refractivity contribution is 5.77. The molecule has 3 heteroatoms. The summed E-state index contributed by atoms with van der Waals surface area (Å²) in [5, 5.41) is 2.52. The Balaban J connectivity index is -0.000000219. The Morgan fingerprint density at radius 1 is 0.789 bits per heavy atom. The minimum absolute atomic E-state index is 0.0868. The predicted octanol–water partition coefficient (Wildman–Crippen LogP) is 4.49. The van der Waals surface area contributed by atoms with Crippen LogP contribution in [0, 0.1) is 0 Å². The van der Waals surface area contributed by atoms with Gasteiger partial charge in [-0.2, -0.15) is 0 Å². The second kappa shape index (κ2) is 22.3. The minimum Gasteiger partial charge on any atom is -0.356 e. The van der Waals surface area contributed by atoms with Crippen LogP contribution in [0.4, 0.5) is 0 Å². The summed E-state index contributed by atoms with van der Waals surface area (Å²) in [5.74, 6) is 0.0139. The van der Waals surface area contributed by atoms with E-state index in [-0.39, 0.29) is 11.7 Å². The first-order chi connectivity index (χ1) is 8.95. The molecule has 0 aromatic heterocycles. The molecule has 0 radical (unpaired) electrons. The molecule has 0 rings (SSSR count). The Morgan fingerprint density at radius 2 is 1.16 bits per heavy atom. The molecule has 116 valence electrons. The molecule has 0 atom stereocenters. The lowest BCUT2D eigenvalue weighted by atomic mass is 10.3. The smallest absolute Gasteiger partial charge is 0.216 e. The Morgan fingerprint density at radius 3 is 1.32 bits per heavy atom. The summed E-state index contributed by atoms with van der Waals surface area (Å²) in [6, 6.07) is 0. The van der Waals surface area contributed by atoms with Gasteiger partial charge in [-0.1, -0.05) is 66.2 Å². The van der Waals surface area contributed by atoms with Crippen LogP contribution in [-0.4, -0.2) is 18.2 Å². The first kappa shape index (κ1) is 23.2. The number of Topliss-reactive ketones (excluding diaryl/α,β-unsaturated/α-hetero) is 1. The quantitative estimate of drug-likeness (QED) is 0.742. The number of amides is 1. The Bertz CT molecular complexity index is 167. The van der Waals surface area contributed by atoms with Crippen molar-refractivity contribution in [2.24, 2.45) is 0 Å². The van der Waals surface area contributed by atoms with Crippen LogP contribution in [0.3, 0.4) is 0 Å². The predicted molar refractivity (Wildman–Crippen MR) is 84.4 cm³/mol. The van der Waals surface area contributed by atoms with Crippen LogP contribution in [-0.2, 0) is 9.59 Å². The van der Waals surface area contributed by atoms with Gasteiger partial charge in [0.15, 0.2) is 0 Å². The lowest BCUT2D eigenvalue weighted by Crippen LogP contribution is -2.22. The van der Waals surface area contributed by atoms with Crippen molar-refractivity contribution in [2.75, 3.05) is 6.54 Å². The summed E-state index contributed by atoms with van der Waals surface area (Å²) in [5.41, 5.74) is 0. The molecule has 19 heavy (non-hydrogen) atoms. The number of unbranched alkanes of at least 4 members (excludes halogenated alkanes) is 4. The van der Waals surface area contributed by atoms with Crippen molar-refractivity contribution in [2.45, 2.75) is 86.5 Å². The fraction of sp³-hybridized carbons (Fsp3) is 0.875. The van der Waals surface area contributed by atoms with Crippen LogP contribution in [0.1, 0.15) is 86.5 Å². The first-order valence-electron chi connectivity index (χ1n) is 7.69. The molecule has 0 fully saturated rings. The number of hydrogen-bond donors (Lipinski definition) is 1. The van der Waals surface area contributed by atoms with Crippen molar-refractivity contribution >= 4 is 11.7 Å². The molecule has 0 aliphatic rings. The van der Waals surface area contributed by atoms with Crippen molar-refractivity contribution in [3.05, 3.63) is 0 Å². The zero-order valence-electron chi connectivity index (χ0n) is 14.0. The maximum atomic E-state index is 10.3. The Hall–Kier alpha value is -0.860. The average molecular weight is 273 g/mol. The van der Waals surface area contributed by atoms with Crippen molar-refractivity contribution in [3.63, 3.8) is 0 Å². The zero-order valence-corrected chi connectivity index (χ0v) is 14.0. The number of ketones is 1. The van der Waals surface area contributed by atoms with E-state index in [2.05, 4.69) is 33.0 Å². The third-order valence-corrected chi connectivity index (χ3v) is 2.27. The van der Waals surface area contributed by atoms with Gasteiger partial charge in [0.05, 0.1) is 0 Å². The molecule has 0 saturated carbocycles. The monoisotopic (exact) mass is 273 g/mol. The van der Waals surface area contributed by atoms with Gasteiger partial charge in [0, 0.05) is 19.9 Å². The molecule has 0 unspecified atom stereocenters. The van der Waals surface area contributed by atoms with Crippen LogP contribution < -0.4 is 5.32 Å². The number of carbonyl (C=O) groups excluding carboxylic acids is 2. The summed E-state index contributed by atoms with van der Waals surface area (Å²) in [7, 11) is 0. The summed E-state index contributed by atoms with van der Waals surface area (Å²) in [6.45, 7) is 12.2. The SMILES string of the molecule is CC(=O)CCNC(C)=O.CCCCC.CCCCC. The lowest BCUT2D eigenvalue weighted by Gasteiger charge is -1.96. The van der Waals surface area contributed by atoms with Crippen molar-refractivity contribution in [3.8, 4) is 0 Å². The molecule has 0 saturated heterocycles. The zero-order chi connectivity index (χ0) is 15.5. The van der Waals surface area contributed by atoms with Crippen molar-refractivity contribution in [1.29, 1.82) is 0 Å². The molecular weight excluding hydrogens is 238 g/mol. The van der Waals surface area contributed by atoms with E-state index < -0.39 is 0 Å². The van der Waals surface area contributed by atoms with E-state index >= 15 is 0 Å². The number of carbonyl (C=O) groups is 2. The highest BCUT2D eigenvalue weighted by Gasteiger charge is 1.92.